The highest BCUT2D eigenvalue weighted by Crippen LogP contribution is 2.46. The van der Waals surface area contributed by atoms with Gasteiger partial charge in [-0.2, -0.15) is 0 Å². The number of nitrogens with one attached hydrogen (secondary N) is 1. The summed E-state index contributed by atoms with van der Waals surface area (Å²) in [7, 11) is 0. The fraction of sp³-hybridized carbons (Fsp3) is 1.00. The van der Waals surface area contributed by atoms with Crippen LogP contribution in [0.15, 0.2) is 0 Å². The molecule has 2 aliphatic carbocycles. The van der Waals surface area contributed by atoms with E-state index in [9.17, 15) is 0 Å². The van der Waals surface area contributed by atoms with Crippen molar-refractivity contribution in [2.45, 2.75) is 52.0 Å². The van der Waals surface area contributed by atoms with Crippen molar-refractivity contribution in [3.05, 3.63) is 0 Å². The van der Waals surface area contributed by atoms with Crippen molar-refractivity contribution in [1.29, 1.82) is 0 Å². The second kappa shape index (κ2) is 3.02. The minimum Gasteiger partial charge on any atom is -0.313 e. The third-order valence-corrected chi connectivity index (χ3v) is 3.89. The third-order valence-electron chi connectivity index (χ3n) is 3.89. The molecule has 0 aliphatic heterocycles. The summed E-state index contributed by atoms with van der Waals surface area (Å²) in [5.41, 5.74) is 0.683. The van der Waals surface area contributed by atoms with Crippen LogP contribution >= 0.6 is 0 Å². The molecular weight excluding hydrogens is 146 g/mol. The maximum atomic E-state index is 3.68. The standard InChI is InChI=1S/C11H21N/c1-9(2)11(6-3-7-11)8-12-10-4-5-10/h9-10,12H,3-8H2,1-2H3. The van der Waals surface area contributed by atoms with Gasteiger partial charge >= 0.3 is 0 Å². The Morgan fingerprint density at radius 3 is 2.33 bits per heavy atom. The molecule has 2 rings (SSSR count). The molecule has 2 aliphatic rings. The molecule has 2 fully saturated rings. The Morgan fingerprint density at radius 1 is 1.33 bits per heavy atom. The highest BCUT2D eigenvalue weighted by molar-refractivity contribution is 4.94. The van der Waals surface area contributed by atoms with Crippen LogP contribution in [0.1, 0.15) is 46.0 Å². The van der Waals surface area contributed by atoms with Crippen molar-refractivity contribution in [2.24, 2.45) is 11.3 Å². The van der Waals surface area contributed by atoms with Crippen LogP contribution in [0.4, 0.5) is 0 Å². The lowest BCUT2D eigenvalue weighted by molar-refractivity contribution is 0.0675. The maximum absolute atomic E-state index is 3.68. The summed E-state index contributed by atoms with van der Waals surface area (Å²) in [5, 5.41) is 3.68. The number of rotatable bonds is 4. The lowest BCUT2D eigenvalue weighted by Crippen LogP contribution is -2.44. The van der Waals surface area contributed by atoms with Gasteiger partial charge in [-0.3, -0.25) is 0 Å². The van der Waals surface area contributed by atoms with Crippen molar-refractivity contribution >= 4 is 0 Å². The molecule has 0 spiro atoms. The molecule has 0 radical (unpaired) electrons. The van der Waals surface area contributed by atoms with Gasteiger partial charge in [-0.15, -0.1) is 0 Å². The van der Waals surface area contributed by atoms with E-state index in [0.717, 1.165) is 12.0 Å². The maximum Gasteiger partial charge on any atom is 0.00684 e. The number of hydrogen-bond donors (Lipinski definition) is 1. The van der Waals surface area contributed by atoms with Gasteiger partial charge in [-0.05, 0) is 37.0 Å². The fourth-order valence-electron chi connectivity index (χ4n) is 2.22. The van der Waals surface area contributed by atoms with E-state index in [0.29, 0.717) is 5.41 Å². The second-order valence-electron chi connectivity index (χ2n) is 5.03. The minimum atomic E-state index is 0.683. The Labute approximate surface area is 75.9 Å². The lowest BCUT2D eigenvalue weighted by Gasteiger charge is -2.46. The van der Waals surface area contributed by atoms with E-state index in [4.69, 9.17) is 0 Å². The fourth-order valence-corrected chi connectivity index (χ4v) is 2.22. The summed E-state index contributed by atoms with van der Waals surface area (Å²) in [5.74, 6) is 0.873. The summed E-state index contributed by atoms with van der Waals surface area (Å²) >= 11 is 0. The van der Waals surface area contributed by atoms with E-state index in [1.807, 2.05) is 0 Å². The number of hydrogen-bond acceptors (Lipinski definition) is 1. The zero-order valence-electron chi connectivity index (χ0n) is 8.40. The van der Waals surface area contributed by atoms with Crippen LogP contribution in [0.5, 0.6) is 0 Å². The zero-order chi connectivity index (χ0) is 8.60. The van der Waals surface area contributed by atoms with Crippen molar-refractivity contribution in [3.8, 4) is 0 Å². The molecule has 0 heterocycles. The summed E-state index contributed by atoms with van der Waals surface area (Å²) < 4.78 is 0. The zero-order valence-corrected chi connectivity index (χ0v) is 8.40. The van der Waals surface area contributed by atoms with Crippen molar-refractivity contribution < 1.29 is 0 Å². The first-order valence-corrected chi connectivity index (χ1v) is 5.46. The topological polar surface area (TPSA) is 12.0 Å². The van der Waals surface area contributed by atoms with Gasteiger partial charge in [0.25, 0.3) is 0 Å². The Bertz CT molecular complexity index is 154. The van der Waals surface area contributed by atoms with Crippen LogP contribution < -0.4 is 5.32 Å². The van der Waals surface area contributed by atoms with E-state index >= 15 is 0 Å². The van der Waals surface area contributed by atoms with Crippen LogP contribution in [0.2, 0.25) is 0 Å². The van der Waals surface area contributed by atoms with E-state index in [-0.39, 0.29) is 0 Å². The molecule has 2 saturated carbocycles. The molecule has 1 heteroatoms. The first-order chi connectivity index (χ1) is 5.73. The highest BCUT2D eigenvalue weighted by atomic mass is 15.0. The van der Waals surface area contributed by atoms with E-state index in [1.165, 1.54) is 38.6 Å². The molecule has 1 nitrogen and oxygen atoms in total. The first kappa shape index (κ1) is 8.55. The summed E-state index contributed by atoms with van der Waals surface area (Å²) in [6.45, 7) is 6.05. The second-order valence-corrected chi connectivity index (χ2v) is 5.03. The average Bonchev–Trinajstić information content (AvgIpc) is 2.67. The van der Waals surface area contributed by atoms with Gasteiger partial charge in [-0.25, -0.2) is 0 Å². The molecule has 0 aromatic heterocycles. The van der Waals surface area contributed by atoms with Gasteiger partial charge in [0.15, 0.2) is 0 Å². The predicted octanol–water partition coefficient (Wildman–Crippen LogP) is 2.56. The van der Waals surface area contributed by atoms with E-state index in [2.05, 4.69) is 19.2 Å². The van der Waals surface area contributed by atoms with Crippen LogP contribution in [0.3, 0.4) is 0 Å². The summed E-state index contributed by atoms with van der Waals surface area (Å²) in [6.07, 6.45) is 7.24. The van der Waals surface area contributed by atoms with Crippen molar-refractivity contribution in [2.75, 3.05) is 6.54 Å². The minimum absolute atomic E-state index is 0.683. The monoisotopic (exact) mass is 167 g/mol. The van der Waals surface area contributed by atoms with Gasteiger partial charge in [0.05, 0.1) is 0 Å². The molecule has 0 atom stereocenters. The third kappa shape index (κ3) is 1.52. The van der Waals surface area contributed by atoms with E-state index < -0.39 is 0 Å². The largest absolute Gasteiger partial charge is 0.313 e. The van der Waals surface area contributed by atoms with Crippen LogP contribution in [-0.4, -0.2) is 12.6 Å². The molecule has 70 valence electrons. The molecule has 0 saturated heterocycles. The Kier molecular flexibility index (Phi) is 2.16. The normalized spacial score (nSPS) is 27.2. The quantitative estimate of drug-likeness (QED) is 0.678. The molecule has 12 heavy (non-hydrogen) atoms. The Morgan fingerprint density at radius 2 is 2.00 bits per heavy atom. The summed E-state index contributed by atoms with van der Waals surface area (Å²) in [6, 6.07) is 0.890. The van der Waals surface area contributed by atoms with Crippen LogP contribution in [0.25, 0.3) is 0 Å². The molecule has 0 bridgehead atoms. The van der Waals surface area contributed by atoms with Gasteiger partial charge in [0.2, 0.25) is 0 Å². The molecular formula is C11H21N. The molecule has 0 amide bonds. The highest BCUT2D eigenvalue weighted by Gasteiger charge is 2.40. The average molecular weight is 167 g/mol. The Hall–Kier alpha value is -0.0400. The van der Waals surface area contributed by atoms with E-state index in [1.54, 1.807) is 0 Å². The van der Waals surface area contributed by atoms with Crippen LogP contribution in [-0.2, 0) is 0 Å². The Balaban J connectivity index is 1.80. The predicted molar refractivity (Wildman–Crippen MR) is 52.1 cm³/mol. The molecule has 0 aromatic rings. The first-order valence-electron chi connectivity index (χ1n) is 5.46. The van der Waals surface area contributed by atoms with Crippen molar-refractivity contribution in [3.63, 3.8) is 0 Å². The van der Waals surface area contributed by atoms with Gasteiger partial charge in [0, 0.05) is 12.6 Å². The lowest BCUT2D eigenvalue weighted by atomic mass is 9.62. The SMILES string of the molecule is CC(C)C1(CNC2CC2)CCC1. The van der Waals surface area contributed by atoms with Crippen molar-refractivity contribution in [1.82, 2.24) is 5.32 Å². The molecule has 1 N–H and O–H groups in total. The smallest absolute Gasteiger partial charge is 0.00684 e. The van der Waals surface area contributed by atoms with Crippen LogP contribution in [0, 0.1) is 11.3 Å². The molecule has 0 aromatic carbocycles. The van der Waals surface area contributed by atoms with Gasteiger partial charge in [-0.1, -0.05) is 20.3 Å². The summed E-state index contributed by atoms with van der Waals surface area (Å²) in [4.78, 5) is 0. The van der Waals surface area contributed by atoms with Gasteiger partial charge < -0.3 is 5.32 Å². The molecule has 0 unspecified atom stereocenters. The van der Waals surface area contributed by atoms with Gasteiger partial charge in [0.1, 0.15) is 0 Å².